The Bertz CT molecular complexity index is 384. The van der Waals surface area contributed by atoms with Gasteiger partial charge in [0.15, 0.2) is 0 Å². The lowest BCUT2D eigenvalue weighted by Gasteiger charge is -2.15. The number of nitrogens with one attached hydrogen (secondary N) is 1. The lowest BCUT2D eigenvalue weighted by Crippen LogP contribution is -2.36. The first-order chi connectivity index (χ1) is 7.45. The van der Waals surface area contributed by atoms with Crippen LogP contribution in [0, 0.1) is 13.8 Å². The normalized spacial score (nSPS) is 12.2. The van der Waals surface area contributed by atoms with Crippen LogP contribution in [0.4, 0.5) is 5.69 Å². The van der Waals surface area contributed by atoms with E-state index in [-0.39, 0.29) is 6.54 Å². The van der Waals surface area contributed by atoms with Gasteiger partial charge in [0.25, 0.3) is 0 Å². The Hall–Kier alpha value is -1.07. The molecule has 1 rings (SSSR count). The van der Waals surface area contributed by atoms with Crippen LogP contribution in [0.5, 0.6) is 0 Å². The van der Waals surface area contributed by atoms with E-state index in [0.29, 0.717) is 0 Å². The van der Waals surface area contributed by atoms with Crippen molar-refractivity contribution in [1.29, 1.82) is 0 Å². The Kier molecular flexibility index (Phi) is 4.32. The van der Waals surface area contributed by atoms with Gasteiger partial charge in [-0.05, 0) is 37.1 Å². The predicted octanol–water partition coefficient (Wildman–Crippen LogP) is 1.89. The van der Waals surface area contributed by atoms with Crippen LogP contribution in [0.25, 0.3) is 0 Å². The van der Waals surface area contributed by atoms with Crippen molar-refractivity contribution in [1.82, 2.24) is 0 Å². The van der Waals surface area contributed by atoms with Gasteiger partial charge < -0.3 is 16.2 Å². The molecule has 4 N–H and O–H groups in total. The quantitative estimate of drug-likeness (QED) is 0.790. The van der Waals surface area contributed by atoms with E-state index in [1.165, 1.54) is 0 Å². The number of rotatable bonds is 4. The lowest BCUT2D eigenvalue weighted by molar-refractivity contribution is -0.137. The van der Waals surface area contributed by atoms with Crippen molar-refractivity contribution in [2.24, 2.45) is 5.73 Å². The topological polar surface area (TPSA) is 75.3 Å². The molecule has 0 heterocycles. The predicted molar refractivity (Wildman–Crippen MR) is 67.7 cm³/mol. The van der Waals surface area contributed by atoms with E-state index in [9.17, 15) is 4.79 Å². The molecule has 1 aromatic rings. The van der Waals surface area contributed by atoms with Crippen molar-refractivity contribution >= 4 is 27.6 Å². The summed E-state index contributed by atoms with van der Waals surface area (Å²) in [6, 6.07) is 3.03. The van der Waals surface area contributed by atoms with Gasteiger partial charge in [-0.2, -0.15) is 0 Å². The summed E-state index contributed by atoms with van der Waals surface area (Å²) in [5.74, 6) is -0.944. The summed E-state index contributed by atoms with van der Waals surface area (Å²) in [6.45, 7) is 3.98. The van der Waals surface area contributed by atoms with E-state index in [4.69, 9.17) is 10.8 Å². The van der Waals surface area contributed by atoms with E-state index in [1.807, 2.05) is 26.0 Å². The SMILES string of the molecule is Cc1cc(NC(CN)C(=O)O)cc(C)c1Br. The number of aliphatic carboxylic acids is 1. The van der Waals surface area contributed by atoms with Crippen LogP contribution in [0.3, 0.4) is 0 Å². The molecule has 5 heteroatoms. The lowest BCUT2D eigenvalue weighted by atomic mass is 10.1. The highest BCUT2D eigenvalue weighted by Crippen LogP contribution is 2.25. The molecule has 0 aliphatic heterocycles. The fourth-order valence-electron chi connectivity index (χ4n) is 1.45. The highest BCUT2D eigenvalue weighted by atomic mass is 79.9. The van der Waals surface area contributed by atoms with E-state index in [1.54, 1.807) is 0 Å². The van der Waals surface area contributed by atoms with Crippen molar-refractivity contribution < 1.29 is 9.90 Å². The van der Waals surface area contributed by atoms with Crippen molar-refractivity contribution in [3.05, 3.63) is 27.7 Å². The maximum atomic E-state index is 10.8. The van der Waals surface area contributed by atoms with Gasteiger partial charge in [-0.25, -0.2) is 4.79 Å². The smallest absolute Gasteiger partial charge is 0.327 e. The van der Waals surface area contributed by atoms with Crippen LogP contribution in [0.15, 0.2) is 16.6 Å². The van der Waals surface area contributed by atoms with Crippen molar-refractivity contribution in [3.8, 4) is 0 Å². The average molecular weight is 287 g/mol. The number of halogens is 1. The summed E-state index contributed by atoms with van der Waals surface area (Å²) in [6.07, 6.45) is 0. The first-order valence-electron chi connectivity index (χ1n) is 4.92. The number of carboxylic acid groups (broad SMARTS) is 1. The molecule has 0 saturated carbocycles. The Morgan fingerprint density at radius 3 is 2.38 bits per heavy atom. The zero-order chi connectivity index (χ0) is 12.3. The van der Waals surface area contributed by atoms with Gasteiger partial charge in [-0.3, -0.25) is 0 Å². The summed E-state index contributed by atoms with van der Waals surface area (Å²) in [5.41, 5.74) is 8.27. The molecule has 0 aliphatic carbocycles. The number of aryl methyl sites for hydroxylation is 2. The minimum atomic E-state index is -0.944. The van der Waals surface area contributed by atoms with Crippen molar-refractivity contribution in [2.45, 2.75) is 19.9 Å². The third-order valence-electron chi connectivity index (χ3n) is 2.31. The first-order valence-corrected chi connectivity index (χ1v) is 5.71. The molecule has 0 spiro atoms. The highest BCUT2D eigenvalue weighted by Gasteiger charge is 2.15. The Labute approximate surface area is 103 Å². The van der Waals surface area contributed by atoms with Crippen LogP contribution in [0.2, 0.25) is 0 Å². The molecule has 1 unspecified atom stereocenters. The van der Waals surface area contributed by atoms with Crippen LogP contribution in [0.1, 0.15) is 11.1 Å². The molecular formula is C11H15BrN2O2. The fraction of sp³-hybridized carbons (Fsp3) is 0.364. The number of benzene rings is 1. The molecule has 0 radical (unpaired) electrons. The number of anilines is 1. The molecule has 16 heavy (non-hydrogen) atoms. The second-order valence-corrected chi connectivity index (χ2v) is 4.49. The maximum absolute atomic E-state index is 10.8. The number of carboxylic acids is 1. The summed E-state index contributed by atoms with van der Waals surface area (Å²) in [7, 11) is 0. The Morgan fingerprint density at radius 2 is 2.00 bits per heavy atom. The van der Waals surface area contributed by atoms with Crippen LogP contribution in [-0.2, 0) is 4.79 Å². The Balaban J connectivity index is 2.93. The third kappa shape index (κ3) is 2.96. The van der Waals surface area contributed by atoms with Crippen LogP contribution in [-0.4, -0.2) is 23.7 Å². The summed E-state index contributed by atoms with van der Waals surface area (Å²) in [5, 5.41) is 11.8. The zero-order valence-corrected chi connectivity index (χ0v) is 10.8. The van der Waals surface area contributed by atoms with Gasteiger partial charge in [0.05, 0.1) is 0 Å². The molecule has 0 bridgehead atoms. The number of hydrogen-bond acceptors (Lipinski definition) is 3. The summed E-state index contributed by atoms with van der Waals surface area (Å²) < 4.78 is 1.04. The Morgan fingerprint density at radius 1 is 1.50 bits per heavy atom. The second kappa shape index (κ2) is 5.32. The standard InChI is InChI=1S/C11H15BrN2O2/c1-6-3-8(4-7(2)10(6)12)14-9(5-13)11(15)16/h3-4,9,14H,5,13H2,1-2H3,(H,15,16). The molecule has 0 saturated heterocycles. The average Bonchev–Trinajstić information content (AvgIpc) is 2.21. The number of hydrogen-bond donors (Lipinski definition) is 3. The van der Waals surface area contributed by atoms with E-state index >= 15 is 0 Å². The van der Waals surface area contributed by atoms with Crippen LogP contribution >= 0.6 is 15.9 Å². The molecule has 1 atom stereocenters. The molecule has 1 aromatic carbocycles. The van der Waals surface area contributed by atoms with Gasteiger partial charge in [0.2, 0.25) is 0 Å². The number of nitrogens with two attached hydrogens (primary N) is 1. The highest BCUT2D eigenvalue weighted by molar-refractivity contribution is 9.10. The van der Waals surface area contributed by atoms with Crippen molar-refractivity contribution in [2.75, 3.05) is 11.9 Å². The van der Waals surface area contributed by atoms with E-state index in [0.717, 1.165) is 21.3 Å². The largest absolute Gasteiger partial charge is 0.480 e. The molecule has 88 valence electrons. The van der Waals surface area contributed by atoms with Gasteiger partial charge >= 0.3 is 5.97 Å². The van der Waals surface area contributed by atoms with Gasteiger partial charge in [0, 0.05) is 16.7 Å². The minimum absolute atomic E-state index is 0.0590. The summed E-state index contributed by atoms with van der Waals surface area (Å²) >= 11 is 3.46. The molecule has 0 aliphatic rings. The molecular weight excluding hydrogens is 272 g/mol. The number of carbonyl (C=O) groups is 1. The second-order valence-electron chi connectivity index (χ2n) is 3.69. The minimum Gasteiger partial charge on any atom is -0.480 e. The summed E-state index contributed by atoms with van der Waals surface area (Å²) in [4.78, 5) is 10.8. The van der Waals surface area contributed by atoms with Gasteiger partial charge in [-0.15, -0.1) is 0 Å². The van der Waals surface area contributed by atoms with E-state index < -0.39 is 12.0 Å². The van der Waals surface area contributed by atoms with Crippen molar-refractivity contribution in [3.63, 3.8) is 0 Å². The third-order valence-corrected chi connectivity index (χ3v) is 3.56. The molecule has 0 aromatic heterocycles. The fourth-order valence-corrected chi connectivity index (χ4v) is 1.68. The maximum Gasteiger partial charge on any atom is 0.327 e. The first kappa shape index (κ1) is 13.0. The van der Waals surface area contributed by atoms with Gasteiger partial charge in [0.1, 0.15) is 6.04 Å². The van der Waals surface area contributed by atoms with Gasteiger partial charge in [-0.1, -0.05) is 15.9 Å². The zero-order valence-electron chi connectivity index (χ0n) is 9.25. The monoisotopic (exact) mass is 286 g/mol. The molecule has 0 fully saturated rings. The molecule has 4 nitrogen and oxygen atoms in total. The van der Waals surface area contributed by atoms with E-state index in [2.05, 4.69) is 21.2 Å². The molecule has 0 amide bonds. The van der Waals surface area contributed by atoms with Crippen LogP contribution < -0.4 is 11.1 Å².